The average Bonchev–Trinajstić information content (AvgIpc) is 3.36. The maximum Gasteiger partial charge on any atom is 0.221 e. The summed E-state index contributed by atoms with van der Waals surface area (Å²) in [5.74, 6) is 1.56. The average molecular weight is 326 g/mol. The molecule has 4 rings (SSSR count). The van der Waals surface area contributed by atoms with E-state index in [1.54, 1.807) is 0 Å². The molecule has 24 heavy (non-hydrogen) atoms. The predicted octanol–water partition coefficient (Wildman–Crippen LogP) is 1.36. The van der Waals surface area contributed by atoms with Crippen LogP contribution in [0.15, 0.2) is 24.3 Å². The molecule has 1 aliphatic heterocycles. The van der Waals surface area contributed by atoms with E-state index in [2.05, 4.69) is 30.8 Å². The predicted molar refractivity (Wildman–Crippen MR) is 88.8 cm³/mol. The summed E-state index contributed by atoms with van der Waals surface area (Å²) in [6, 6.07) is 8.56. The molecular weight excluding hydrogens is 304 g/mol. The fourth-order valence-electron chi connectivity index (χ4n) is 3.94. The van der Waals surface area contributed by atoms with Crippen molar-refractivity contribution in [2.45, 2.75) is 38.3 Å². The van der Waals surface area contributed by atoms with E-state index in [0.29, 0.717) is 18.8 Å². The lowest BCUT2D eigenvalue weighted by molar-refractivity contribution is -0.121. The van der Waals surface area contributed by atoms with Gasteiger partial charge in [-0.05, 0) is 42.0 Å². The Morgan fingerprint density at radius 1 is 1.38 bits per heavy atom. The molecule has 0 spiro atoms. The topological polar surface area (TPSA) is 86.8 Å². The molecular formula is C17H22N6O. The van der Waals surface area contributed by atoms with Crippen LogP contribution in [0.4, 0.5) is 0 Å². The highest BCUT2D eigenvalue weighted by atomic mass is 16.1. The van der Waals surface area contributed by atoms with Gasteiger partial charge in [-0.1, -0.05) is 18.2 Å². The second-order valence-corrected chi connectivity index (χ2v) is 6.79. The van der Waals surface area contributed by atoms with E-state index in [0.717, 1.165) is 29.6 Å². The number of nitrogens with zero attached hydrogens (tertiary/aromatic N) is 4. The van der Waals surface area contributed by atoms with Gasteiger partial charge in [0.05, 0.1) is 0 Å². The zero-order valence-corrected chi connectivity index (χ0v) is 13.6. The van der Waals surface area contributed by atoms with Gasteiger partial charge in [0, 0.05) is 37.7 Å². The summed E-state index contributed by atoms with van der Waals surface area (Å²) in [4.78, 5) is 14.6. The van der Waals surface area contributed by atoms with Crippen LogP contribution >= 0.6 is 0 Å². The summed E-state index contributed by atoms with van der Waals surface area (Å²) >= 11 is 0. The van der Waals surface area contributed by atoms with E-state index in [9.17, 15) is 4.79 Å². The van der Waals surface area contributed by atoms with Gasteiger partial charge < -0.3 is 5.32 Å². The smallest absolute Gasteiger partial charge is 0.221 e. The molecule has 1 saturated heterocycles. The Balaban J connectivity index is 1.26. The van der Waals surface area contributed by atoms with Crippen molar-refractivity contribution in [3.8, 4) is 11.4 Å². The largest absolute Gasteiger partial charge is 0.352 e. The summed E-state index contributed by atoms with van der Waals surface area (Å²) < 4.78 is 0. The van der Waals surface area contributed by atoms with Crippen LogP contribution in [0.3, 0.4) is 0 Å². The highest BCUT2D eigenvalue weighted by Gasteiger charge is 2.37. The van der Waals surface area contributed by atoms with Gasteiger partial charge in [0.15, 0.2) is 0 Å². The number of aromatic nitrogens is 4. The Hall–Kier alpha value is -2.28. The molecule has 126 valence electrons. The first-order valence-corrected chi connectivity index (χ1v) is 8.61. The number of tetrazole rings is 1. The Kier molecular flexibility index (Phi) is 4.25. The summed E-state index contributed by atoms with van der Waals surface area (Å²) in [6.07, 6.45) is 4.61. The van der Waals surface area contributed by atoms with Gasteiger partial charge in [0.2, 0.25) is 11.7 Å². The molecule has 2 aromatic rings. The number of piperidine rings is 1. The van der Waals surface area contributed by atoms with Crippen LogP contribution in [0.25, 0.3) is 11.4 Å². The van der Waals surface area contributed by atoms with E-state index in [1.807, 2.05) is 24.3 Å². The van der Waals surface area contributed by atoms with E-state index in [-0.39, 0.29) is 5.91 Å². The Labute approximate surface area is 140 Å². The number of rotatable bonds is 6. The molecule has 2 aliphatic rings. The number of likely N-dealkylation sites (tertiary alicyclic amines) is 1. The second-order valence-electron chi connectivity index (χ2n) is 6.79. The van der Waals surface area contributed by atoms with E-state index < -0.39 is 0 Å². The van der Waals surface area contributed by atoms with Gasteiger partial charge in [-0.15, -0.1) is 10.2 Å². The number of carbonyl (C=O) groups is 1. The van der Waals surface area contributed by atoms with Gasteiger partial charge in [0.1, 0.15) is 0 Å². The minimum atomic E-state index is 0.114. The molecule has 2 fully saturated rings. The van der Waals surface area contributed by atoms with Crippen molar-refractivity contribution >= 4 is 5.91 Å². The van der Waals surface area contributed by atoms with E-state index in [1.165, 1.54) is 25.8 Å². The van der Waals surface area contributed by atoms with Gasteiger partial charge in [-0.25, -0.2) is 0 Å². The van der Waals surface area contributed by atoms with E-state index >= 15 is 0 Å². The summed E-state index contributed by atoms with van der Waals surface area (Å²) in [5, 5.41) is 17.0. The van der Waals surface area contributed by atoms with Crippen LogP contribution in [0, 0.1) is 5.92 Å². The quantitative estimate of drug-likeness (QED) is 0.837. The molecule has 0 unspecified atom stereocenters. The Bertz CT molecular complexity index is 701. The molecule has 2 atom stereocenters. The first kappa shape index (κ1) is 15.3. The van der Waals surface area contributed by atoms with Gasteiger partial charge in [0.25, 0.3) is 0 Å². The summed E-state index contributed by atoms with van der Waals surface area (Å²) in [6.45, 7) is 2.59. The molecule has 1 aromatic carbocycles. The maximum atomic E-state index is 12.1. The minimum absolute atomic E-state index is 0.114. The highest BCUT2D eigenvalue weighted by molar-refractivity contribution is 5.76. The number of hydrogen-bond donors (Lipinski definition) is 2. The van der Waals surface area contributed by atoms with Crippen LogP contribution < -0.4 is 5.32 Å². The molecule has 1 saturated carbocycles. The maximum absolute atomic E-state index is 12.1. The lowest BCUT2D eigenvalue weighted by Gasteiger charge is -2.26. The molecule has 1 amide bonds. The summed E-state index contributed by atoms with van der Waals surface area (Å²) in [7, 11) is 0. The van der Waals surface area contributed by atoms with E-state index in [4.69, 9.17) is 0 Å². The van der Waals surface area contributed by atoms with Crippen molar-refractivity contribution in [3.63, 3.8) is 0 Å². The number of fused-ring (bicyclic) bond motifs is 2. The number of aromatic amines is 1. The molecule has 0 radical (unpaired) electrons. The summed E-state index contributed by atoms with van der Waals surface area (Å²) in [5.41, 5.74) is 1.93. The Morgan fingerprint density at radius 2 is 2.33 bits per heavy atom. The third-order valence-corrected chi connectivity index (χ3v) is 5.17. The van der Waals surface area contributed by atoms with Crippen molar-refractivity contribution in [2.75, 3.05) is 13.1 Å². The van der Waals surface area contributed by atoms with Crippen molar-refractivity contribution in [1.82, 2.24) is 30.8 Å². The van der Waals surface area contributed by atoms with Gasteiger partial charge >= 0.3 is 0 Å². The fourth-order valence-corrected chi connectivity index (χ4v) is 3.94. The van der Waals surface area contributed by atoms with Crippen molar-refractivity contribution in [1.29, 1.82) is 0 Å². The van der Waals surface area contributed by atoms with Gasteiger partial charge in [-0.3, -0.25) is 9.69 Å². The highest BCUT2D eigenvalue weighted by Crippen LogP contribution is 2.37. The molecule has 7 nitrogen and oxygen atoms in total. The zero-order valence-electron chi connectivity index (χ0n) is 13.6. The Morgan fingerprint density at radius 3 is 3.08 bits per heavy atom. The number of nitrogens with one attached hydrogen (secondary N) is 2. The second kappa shape index (κ2) is 6.68. The van der Waals surface area contributed by atoms with Crippen LogP contribution in [-0.2, 0) is 11.3 Å². The lowest BCUT2D eigenvalue weighted by Crippen LogP contribution is -2.35. The number of carbonyl (C=O) groups excluding carboxylic acids is 1. The normalized spacial score (nSPS) is 22.8. The van der Waals surface area contributed by atoms with Crippen LogP contribution in [0.2, 0.25) is 0 Å². The van der Waals surface area contributed by atoms with Crippen molar-refractivity contribution in [2.24, 2.45) is 5.92 Å². The number of benzene rings is 1. The molecule has 1 aliphatic carbocycles. The zero-order chi connectivity index (χ0) is 16.4. The van der Waals surface area contributed by atoms with Crippen LogP contribution in [-0.4, -0.2) is 50.6 Å². The third kappa shape index (κ3) is 3.31. The minimum Gasteiger partial charge on any atom is -0.352 e. The number of H-pyrrole nitrogens is 1. The van der Waals surface area contributed by atoms with Crippen molar-refractivity contribution < 1.29 is 4.79 Å². The molecule has 7 heteroatoms. The third-order valence-electron chi connectivity index (χ3n) is 5.17. The van der Waals surface area contributed by atoms with Crippen LogP contribution in [0.1, 0.15) is 31.2 Å². The number of hydrogen-bond acceptors (Lipinski definition) is 5. The lowest BCUT2D eigenvalue weighted by atomic mass is 10.1. The van der Waals surface area contributed by atoms with Crippen molar-refractivity contribution in [3.05, 3.63) is 29.8 Å². The van der Waals surface area contributed by atoms with Gasteiger partial charge in [-0.2, -0.15) is 5.21 Å². The van der Waals surface area contributed by atoms with Crippen LogP contribution in [0.5, 0.6) is 0 Å². The fraction of sp³-hybridized carbons (Fsp3) is 0.529. The SMILES string of the molecule is O=C(CCN1C[C@@H]2CC[C@H]1C2)NCc1cccc(-c2nn[nH]n2)c1. The molecule has 2 bridgehead atoms. The standard InChI is InChI=1S/C17H22N6O/c24-16(6-7-23-11-13-4-5-15(23)9-13)18-10-12-2-1-3-14(8-12)17-19-21-22-20-17/h1-3,8,13,15H,4-7,9-11H2,(H,18,24)(H,19,20,21,22)/t13-,15+/m1/s1. The molecule has 2 N–H and O–H groups in total. The molecule has 2 heterocycles. The number of amides is 1. The monoisotopic (exact) mass is 326 g/mol. The first-order chi connectivity index (χ1) is 11.8. The molecule has 1 aromatic heterocycles. The first-order valence-electron chi connectivity index (χ1n) is 8.61.